The quantitative estimate of drug-likeness (QED) is 0.415. The molecule has 8 nitrogen and oxygen atoms in total. The van der Waals surface area contributed by atoms with Gasteiger partial charge in [-0.15, -0.1) is 0 Å². The molecule has 0 saturated carbocycles. The van der Waals surface area contributed by atoms with Crippen LogP contribution < -0.4 is 4.74 Å². The number of methoxy groups -OCH3 is 1. The summed E-state index contributed by atoms with van der Waals surface area (Å²) in [7, 11) is 1.62. The smallest absolute Gasteiger partial charge is 0.272 e. The first-order chi connectivity index (χ1) is 17.1. The normalized spacial score (nSPS) is 12.7. The topological polar surface area (TPSA) is 81.0 Å². The van der Waals surface area contributed by atoms with E-state index in [1.165, 1.54) is 5.56 Å². The first-order valence-electron chi connectivity index (χ1n) is 11.4. The van der Waals surface area contributed by atoms with Gasteiger partial charge in [0.05, 0.1) is 37.3 Å². The molecule has 0 atom stereocenters. The summed E-state index contributed by atoms with van der Waals surface area (Å²) < 4.78 is 9.45. The number of rotatable bonds is 5. The van der Waals surface area contributed by atoms with Crippen molar-refractivity contribution in [3.05, 3.63) is 102 Å². The number of nitrogens with one attached hydrogen (secondary N) is 1. The van der Waals surface area contributed by atoms with Gasteiger partial charge in [-0.1, -0.05) is 29.8 Å². The zero-order chi connectivity index (χ0) is 23.9. The lowest BCUT2D eigenvalue weighted by Gasteiger charge is -2.16. The van der Waals surface area contributed by atoms with Gasteiger partial charge >= 0.3 is 0 Å². The predicted octanol–water partition coefficient (Wildman–Crippen LogP) is 4.53. The molecule has 4 heterocycles. The average molecular weight is 465 g/mol. The van der Waals surface area contributed by atoms with E-state index in [1.54, 1.807) is 18.1 Å². The van der Waals surface area contributed by atoms with Gasteiger partial charge < -0.3 is 14.2 Å². The number of para-hydroxylation sites is 1. The Bertz CT molecular complexity index is 1510. The number of amides is 1. The number of carbonyl (C=O) groups is 1. The lowest BCUT2D eigenvalue weighted by atomic mass is 10.1. The summed E-state index contributed by atoms with van der Waals surface area (Å²) in [5.41, 5.74) is 6.05. The Hall–Kier alpha value is -4.59. The maximum atomic E-state index is 13.4. The molecule has 6 rings (SSSR count). The second kappa shape index (κ2) is 8.32. The fourth-order valence-corrected chi connectivity index (χ4v) is 4.55. The minimum atomic E-state index is -0.114. The fraction of sp³-hybridized carbons (Fsp3) is 0.148. The largest absolute Gasteiger partial charge is 0.496 e. The number of fused-ring (bicyclic) bond motifs is 1. The molecular formula is C27H24N6O2. The Morgan fingerprint density at radius 1 is 1.00 bits per heavy atom. The molecule has 0 bridgehead atoms. The number of aromatic amines is 1. The number of benzene rings is 2. The first kappa shape index (κ1) is 21.0. The van der Waals surface area contributed by atoms with Crippen molar-refractivity contribution >= 4 is 5.91 Å². The lowest BCUT2D eigenvalue weighted by Crippen LogP contribution is -2.26. The molecule has 174 valence electrons. The van der Waals surface area contributed by atoms with Crippen LogP contribution >= 0.6 is 0 Å². The first-order valence-corrected chi connectivity index (χ1v) is 11.4. The number of hydrogen-bond donors (Lipinski definition) is 1. The molecule has 3 aromatic heterocycles. The van der Waals surface area contributed by atoms with Crippen molar-refractivity contribution in [2.75, 3.05) is 7.11 Å². The third-order valence-electron chi connectivity index (χ3n) is 6.34. The van der Waals surface area contributed by atoms with E-state index in [0.29, 0.717) is 30.2 Å². The molecule has 0 fully saturated rings. The van der Waals surface area contributed by atoms with Crippen LogP contribution in [0.2, 0.25) is 0 Å². The third kappa shape index (κ3) is 3.59. The number of aromatic nitrogens is 5. The highest BCUT2D eigenvalue weighted by atomic mass is 16.5. The van der Waals surface area contributed by atoms with Crippen molar-refractivity contribution in [3.8, 4) is 28.5 Å². The number of H-pyrrole nitrogens is 1. The summed E-state index contributed by atoms with van der Waals surface area (Å²) in [6.07, 6.45) is 4.00. The molecule has 35 heavy (non-hydrogen) atoms. The standard InChI is InChI=1S/C27H24N6O2/c1-18-9-11-19(12-10-18)33-26(31-13-5-6-14-31)21-16-32(17-24(21)30-33)27(34)23-15-22(28-29-23)20-7-3-4-8-25(20)35-2/h3-15H,16-17H2,1-2H3,(H,28,29). The van der Waals surface area contributed by atoms with Crippen LogP contribution in [0.4, 0.5) is 0 Å². The number of ether oxygens (including phenoxy) is 1. The Labute approximate surface area is 202 Å². The molecule has 0 spiro atoms. The number of hydrogen-bond acceptors (Lipinski definition) is 4. The zero-order valence-electron chi connectivity index (χ0n) is 19.5. The summed E-state index contributed by atoms with van der Waals surface area (Å²) in [5.74, 6) is 1.54. The molecule has 1 aliphatic rings. The molecule has 0 radical (unpaired) electrons. The maximum Gasteiger partial charge on any atom is 0.272 e. The Balaban J connectivity index is 1.31. The third-order valence-corrected chi connectivity index (χ3v) is 6.34. The molecule has 0 saturated heterocycles. The van der Waals surface area contributed by atoms with E-state index < -0.39 is 0 Å². The fourth-order valence-electron chi connectivity index (χ4n) is 4.55. The second-order valence-corrected chi connectivity index (χ2v) is 8.61. The van der Waals surface area contributed by atoms with Crippen molar-refractivity contribution in [1.29, 1.82) is 0 Å². The van der Waals surface area contributed by atoms with Crippen molar-refractivity contribution in [3.63, 3.8) is 0 Å². The molecule has 0 aliphatic carbocycles. The molecule has 0 unspecified atom stereocenters. The van der Waals surface area contributed by atoms with Gasteiger partial charge in [0.25, 0.3) is 5.91 Å². The highest BCUT2D eigenvalue weighted by Crippen LogP contribution is 2.32. The van der Waals surface area contributed by atoms with Gasteiger partial charge in [-0.05, 0) is 49.4 Å². The SMILES string of the molecule is COc1ccccc1-c1cc(C(=O)N2Cc3nn(-c4ccc(C)cc4)c(-n4cccc4)c3C2)[nH]n1. The molecule has 1 amide bonds. The van der Waals surface area contributed by atoms with Crippen LogP contribution in [-0.4, -0.2) is 42.5 Å². The maximum absolute atomic E-state index is 13.4. The number of carbonyl (C=O) groups excluding carboxylic acids is 1. The molecule has 8 heteroatoms. The minimum Gasteiger partial charge on any atom is -0.496 e. The van der Waals surface area contributed by atoms with Crippen molar-refractivity contribution in [1.82, 2.24) is 29.4 Å². The summed E-state index contributed by atoms with van der Waals surface area (Å²) in [5, 5.41) is 12.2. The summed E-state index contributed by atoms with van der Waals surface area (Å²) in [6.45, 7) is 2.97. The van der Waals surface area contributed by atoms with E-state index in [0.717, 1.165) is 28.3 Å². The summed E-state index contributed by atoms with van der Waals surface area (Å²) >= 11 is 0. The van der Waals surface area contributed by atoms with E-state index in [9.17, 15) is 4.79 Å². The molecular weight excluding hydrogens is 440 g/mol. The van der Waals surface area contributed by atoms with Gasteiger partial charge in [0, 0.05) is 23.5 Å². The Morgan fingerprint density at radius 2 is 1.77 bits per heavy atom. The van der Waals surface area contributed by atoms with E-state index in [1.807, 2.05) is 53.5 Å². The second-order valence-electron chi connectivity index (χ2n) is 8.61. The van der Waals surface area contributed by atoms with Crippen LogP contribution in [0.25, 0.3) is 22.8 Å². The molecule has 2 aromatic carbocycles. The van der Waals surface area contributed by atoms with Crippen LogP contribution in [0.15, 0.2) is 79.1 Å². The van der Waals surface area contributed by atoms with Crippen LogP contribution in [0.3, 0.4) is 0 Å². The van der Waals surface area contributed by atoms with Crippen molar-refractivity contribution < 1.29 is 9.53 Å². The van der Waals surface area contributed by atoms with Crippen LogP contribution in [0, 0.1) is 6.92 Å². The van der Waals surface area contributed by atoms with Crippen molar-refractivity contribution in [2.24, 2.45) is 0 Å². The van der Waals surface area contributed by atoms with Crippen LogP contribution in [-0.2, 0) is 13.1 Å². The van der Waals surface area contributed by atoms with Crippen LogP contribution in [0.1, 0.15) is 27.3 Å². The highest BCUT2D eigenvalue weighted by Gasteiger charge is 2.32. The highest BCUT2D eigenvalue weighted by molar-refractivity contribution is 5.94. The molecule has 1 N–H and O–H groups in total. The van der Waals surface area contributed by atoms with Gasteiger partial charge in [0.1, 0.15) is 17.3 Å². The summed E-state index contributed by atoms with van der Waals surface area (Å²) in [4.78, 5) is 15.2. The Kier molecular flexibility index (Phi) is 4.99. The van der Waals surface area contributed by atoms with E-state index in [2.05, 4.69) is 46.0 Å². The minimum absolute atomic E-state index is 0.114. The van der Waals surface area contributed by atoms with Crippen LogP contribution in [0.5, 0.6) is 5.75 Å². The van der Waals surface area contributed by atoms with Gasteiger partial charge in [-0.2, -0.15) is 10.2 Å². The molecule has 5 aromatic rings. The van der Waals surface area contributed by atoms with E-state index >= 15 is 0 Å². The van der Waals surface area contributed by atoms with E-state index in [4.69, 9.17) is 9.84 Å². The molecule has 1 aliphatic heterocycles. The monoisotopic (exact) mass is 464 g/mol. The van der Waals surface area contributed by atoms with Crippen molar-refractivity contribution in [2.45, 2.75) is 20.0 Å². The predicted molar refractivity (Wildman–Crippen MR) is 132 cm³/mol. The zero-order valence-corrected chi connectivity index (χ0v) is 19.5. The van der Waals surface area contributed by atoms with Gasteiger partial charge in [0.15, 0.2) is 0 Å². The average Bonchev–Trinajstić information content (AvgIpc) is 3.68. The summed E-state index contributed by atoms with van der Waals surface area (Å²) in [6, 6.07) is 21.7. The number of nitrogens with zero attached hydrogens (tertiary/aromatic N) is 5. The lowest BCUT2D eigenvalue weighted by molar-refractivity contribution is 0.0743. The van der Waals surface area contributed by atoms with Gasteiger partial charge in [-0.3, -0.25) is 9.89 Å². The van der Waals surface area contributed by atoms with Gasteiger partial charge in [-0.25, -0.2) is 4.68 Å². The Morgan fingerprint density at radius 3 is 2.54 bits per heavy atom. The number of aryl methyl sites for hydroxylation is 1. The van der Waals surface area contributed by atoms with E-state index in [-0.39, 0.29) is 5.91 Å². The van der Waals surface area contributed by atoms with Gasteiger partial charge in [0.2, 0.25) is 0 Å².